The van der Waals surface area contributed by atoms with E-state index >= 15 is 0 Å². The summed E-state index contributed by atoms with van der Waals surface area (Å²) in [6, 6.07) is 12.6. The molecule has 0 heterocycles. The van der Waals surface area contributed by atoms with Crippen molar-refractivity contribution in [1.82, 2.24) is 10.2 Å². The van der Waals surface area contributed by atoms with Gasteiger partial charge in [0.15, 0.2) is 0 Å². The van der Waals surface area contributed by atoms with Crippen LogP contribution < -0.4 is 10.1 Å². The normalized spacial score (nSPS) is 14.9. The van der Waals surface area contributed by atoms with E-state index in [4.69, 9.17) is 27.9 Å². The first kappa shape index (κ1) is 26.7. The van der Waals surface area contributed by atoms with Crippen molar-refractivity contribution in [2.75, 3.05) is 12.9 Å². The van der Waals surface area contributed by atoms with Crippen molar-refractivity contribution in [3.05, 3.63) is 63.6 Å². The van der Waals surface area contributed by atoms with Gasteiger partial charge in [0, 0.05) is 33.9 Å². The number of nitrogens with zero attached hydrogens (tertiary/aromatic N) is 1. The van der Waals surface area contributed by atoms with E-state index in [1.54, 1.807) is 37.1 Å². The Bertz CT molecular complexity index is 945. The topological polar surface area (TPSA) is 58.6 Å². The lowest BCUT2D eigenvalue weighted by Crippen LogP contribution is -2.50. The number of methoxy groups -OCH3 is 1. The molecule has 2 aromatic rings. The zero-order chi connectivity index (χ0) is 24.5. The van der Waals surface area contributed by atoms with Crippen molar-refractivity contribution >= 4 is 46.8 Å². The Morgan fingerprint density at radius 3 is 2.35 bits per heavy atom. The molecule has 1 aliphatic rings. The van der Waals surface area contributed by atoms with Gasteiger partial charge >= 0.3 is 0 Å². The summed E-state index contributed by atoms with van der Waals surface area (Å²) in [5.41, 5.74) is 1.75. The van der Waals surface area contributed by atoms with Gasteiger partial charge in [-0.3, -0.25) is 9.59 Å². The Kier molecular flexibility index (Phi) is 10.4. The van der Waals surface area contributed by atoms with Gasteiger partial charge in [-0.2, -0.15) is 0 Å². The van der Waals surface area contributed by atoms with Crippen molar-refractivity contribution in [1.29, 1.82) is 0 Å². The molecule has 0 saturated heterocycles. The van der Waals surface area contributed by atoms with Crippen molar-refractivity contribution < 1.29 is 14.3 Å². The largest absolute Gasteiger partial charge is 0.497 e. The molecule has 0 spiro atoms. The van der Waals surface area contributed by atoms with E-state index < -0.39 is 6.04 Å². The molecule has 0 bridgehead atoms. The number of amides is 2. The number of halogens is 2. The minimum atomic E-state index is -0.636. The maximum absolute atomic E-state index is 13.3. The maximum atomic E-state index is 13.3. The summed E-state index contributed by atoms with van der Waals surface area (Å²) < 4.78 is 5.20. The molecular weight excluding hydrogens is 491 g/mol. The Morgan fingerprint density at radius 1 is 1.09 bits per heavy atom. The summed E-state index contributed by atoms with van der Waals surface area (Å²) in [6.07, 6.45) is 5.43. The van der Waals surface area contributed by atoms with Crippen LogP contribution in [-0.4, -0.2) is 41.7 Å². The fourth-order valence-electron chi connectivity index (χ4n) is 4.07. The number of carbonyl (C=O) groups excluding carboxylic acids is 2. The molecule has 0 unspecified atom stereocenters. The van der Waals surface area contributed by atoms with Gasteiger partial charge in [-0.25, -0.2) is 0 Å². The zero-order valence-electron chi connectivity index (χ0n) is 19.7. The first-order valence-corrected chi connectivity index (χ1v) is 13.5. The fraction of sp³-hybridized carbons (Fsp3) is 0.462. The molecule has 3 rings (SSSR count). The summed E-state index contributed by atoms with van der Waals surface area (Å²) in [4.78, 5) is 28.0. The molecule has 2 amide bonds. The molecule has 5 nitrogen and oxygen atoms in total. The van der Waals surface area contributed by atoms with Crippen LogP contribution in [0.5, 0.6) is 5.75 Å². The smallest absolute Gasteiger partial charge is 0.242 e. The Labute approximate surface area is 216 Å². The van der Waals surface area contributed by atoms with E-state index in [2.05, 4.69) is 5.32 Å². The van der Waals surface area contributed by atoms with Crippen LogP contribution in [0.1, 0.15) is 50.2 Å². The van der Waals surface area contributed by atoms with Crippen molar-refractivity contribution in [2.24, 2.45) is 0 Å². The van der Waals surface area contributed by atoms with Gasteiger partial charge in [0.25, 0.3) is 0 Å². The van der Waals surface area contributed by atoms with Crippen LogP contribution in [0.3, 0.4) is 0 Å². The van der Waals surface area contributed by atoms with Gasteiger partial charge in [0.1, 0.15) is 11.8 Å². The van der Waals surface area contributed by atoms with E-state index in [1.165, 1.54) is 18.2 Å². The van der Waals surface area contributed by atoms with E-state index in [9.17, 15) is 9.59 Å². The predicted molar refractivity (Wildman–Crippen MR) is 141 cm³/mol. The highest BCUT2D eigenvalue weighted by molar-refractivity contribution is 7.99. The molecule has 1 saturated carbocycles. The number of nitrogens with one attached hydrogen (secondary N) is 1. The van der Waals surface area contributed by atoms with Gasteiger partial charge in [0.2, 0.25) is 11.8 Å². The van der Waals surface area contributed by atoms with Crippen LogP contribution >= 0.6 is 35.0 Å². The molecular formula is C26H32Cl2N2O3S. The third-order valence-corrected chi connectivity index (χ3v) is 7.86. The van der Waals surface area contributed by atoms with Crippen LogP contribution in [0, 0.1) is 0 Å². The summed E-state index contributed by atoms with van der Waals surface area (Å²) in [6.45, 7) is 1.95. The number of ether oxygens (including phenoxy) is 1. The van der Waals surface area contributed by atoms with Crippen LogP contribution in [-0.2, 0) is 21.9 Å². The highest BCUT2D eigenvalue weighted by Gasteiger charge is 2.29. The van der Waals surface area contributed by atoms with Crippen LogP contribution in [0.2, 0.25) is 10.0 Å². The minimum Gasteiger partial charge on any atom is -0.497 e. The first-order valence-electron chi connectivity index (χ1n) is 11.6. The second-order valence-corrected chi connectivity index (χ2v) is 10.4. The molecule has 1 atom stereocenters. The lowest BCUT2D eigenvalue weighted by Gasteiger charge is -2.31. The molecule has 2 aromatic carbocycles. The molecule has 0 aliphatic heterocycles. The molecule has 0 radical (unpaired) electrons. The molecule has 1 fully saturated rings. The average molecular weight is 524 g/mol. The summed E-state index contributed by atoms with van der Waals surface area (Å²) in [5.74, 6) is 1.46. The summed E-state index contributed by atoms with van der Waals surface area (Å²) in [5, 5.41) is 4.11. The predicted octanol–water partition coefficient (Wildman–Crippen LogP) is 6.10. The standard InChI is InChI=1S/C26H32Cl2N2O3S/c1-18(26(32)29-20-7-4-3-5-8-20)30(15-22-23(27)9-6-10-24(22)28)25(31)17-34-16-19-11-13-21(33-2)14-12-19/h6,9-14,18,20H,3-5,7-8,15-17H2,1-2H3,(H,29,32)/t18-/m1/s1. The Balaban J connectivity index is 1.68. The van der Waals surface area contributed by atoms with Gasteiger partial charge in [-0.05, 0) is 49.6 Å². The van der Waals surface area contributed by atoms with Crippen molar-refractivity contribution in [2.45, 2.75) is 63.4 Å². The van der Waals surface area contributed by atoms with E-state index in [-0.39, 0.29) is 30.2 Å². The quantitative estimate of drug-likeness (QED) is 0.409. The van der Waals surface area contributed by atoms with Gasteiger partial charge in [-0.15, -0.1) is 11.8 Å². The molecule has 1 aliphatic carbocycles. The SMILES string of the molecule is COc1ccc(CSCC(=O)N(Cc2c(Cl)cccc2Cl)[C@H](C)C(=O)NC2CCCCC2)cc1. The fourth-order valence-corrected chi connectivity index (χ4v) is 5.45. The van der Waals surface area contributed by atoms with Gasteiger partial charge in [-0.1, -0.05) is 60.7 Å². The lowest BCUT2D eigenvalue weighted by molar-refractivity contribution is -0.139. The third kappa shape index (κ3) is 7.56. The Hall–Kier alpha value is -1.89. The number of benzene rings is 2. The van der Waals surface area contributed by atoms with Crippen LogP contribution in [0.4, 0.5) is 0 Å². The number of carbonyl (C=O) groups is 2. The van der Waals surface area contributed by atoms with Crippen molar-refractivity contribution in [3.8, 4) is 5.75 Å². The zero-order valence-corrected chi connectivity index (χ0v) is 22.0. The highest BCUT2D eigenvalue weighted by atomic mass is 35.5. The highest BCUT2D eigenvalue weighted by Crippen LogP contribution is 2.27. The first-order chi connectivity index (χ1) is 16.4. The number of rotatable bonds is 10. The Morgan fingerprint density at radius 2 is 1.74 bits per heavy atom. The third-order valence-electron chi connectivity index (χ3n) is 6.16. The number of hydrogen-bond donors (Lipinski definition) is 1. The molecule has 8 heteroatoms. The molecule has 34 heavy (non-hydrogen) atoms. The minimum absolute atomic E-state index is 0.124. The van der Waals surface area contributed by atoms with E-state index in [0.717, 1.165) is 37.0 Å². The van der Waals surface area contributed by atoms with Gasteiger partial charge in [0.05, 0.1) is 12.9 Å². The van der Waals surface area contributed by atoms with E-state index in [0.29, 0.717) is 21.4 Å². The molecule has 1 N–H and O–H groups in total. The second-order valence-electron chi connectivity index (χ2n) is 8.58. The lowest BCUT2D eigenvalue weighted by atomic mass is 9.95. The molecule has 184 valence electrons. The summed E-state index contributed by atoms with van der Waals surface area (Å²) in [7, 11) is 1.63. The average Bonchev–Trinajstić information content (AvgIpc) is 2.84. The maximum Gasteiger partial charge on any atom is 0.242 e. The van der Waals surface area contributed by atoms with Crippen LogP contribution in [0.25, 0.3) is 0 Å². The summed E-state index contributed by atoms with van der Waals surface area (Å²) >= 11 is 14.3. The number of hydrogen-bond acceptors (Lipinski definition) is 4. The van der Waals surface area contributed by atoms with Gasteiger partial charge < -0.3 is 15.0 Å². The van der Waals surface area contributed by atoms with Crippen molar-refractivity contribution in [3.63, 3.8) is 0 Å². The monoisotopic (exact) mass is 522 g/mol. The molecule has 0 aromatic heterocycles. The number of thioether (sulfide) groups is 1. The van der Waals surface area contributed by atoms with Crippen LogP contribution in [0.15, 0.2) is 42.5 Å². The van der Waals surface area contributed by atoms with E-state index in [1.807, 2.05) is 24.3 Å². The second kappa shape index (κ2) is 13.3.